The van der Waals surface area contributed by atoms with Gasteiger partial charge in [0.15, 0.2) is 0 Å². The van der Waals surface area contributed by atoms with E-state index in [1.807, 2.05) is 0 Å². The highest BCUT2D eigenvalue weighted by Gasteiger charge is 2.24. The van der Waals surface area contributed by atoms with E-state index >= 15 is 0 Å². The van der Waals surface area contributed by atoms with Crippen LogP contribution in [0.25, 0.3) is 0 Å². The summed E-state index contributed by atoms with van der Waals surface area (Å²) in [5, 5.41) is 13.4. The van der Waals surface area contributed by atoms with Gasteiger partial charge in [0.25, 0.3) is 0 Å². The van der Waals surface area contributed by atoms with E-state index in [1.165, 1.54) is 12.1 Å². The zero-order chi connectivity index (χ0) is 11.5. The first kappa shape index (κ1) is 11.4. The van der Waals surface area contributed by atoms with Crippen molar-refractivity contribution in [1.29, 1.82) is 0 Å². The molecule has 0 amide bonds. The van der Waals surface area contributed by atoms with Gasteiger partial charge in [-0.05, 0) is 44.0 Å². The summed E-state index contributed by atoms with van der Waals surface area (Å²) >= 11 is 0. The Labute approximate surface area is 94.5 Å². The smallest absolute Gasteiger partial charge is 0.125 e. The van der Waals surface area contributed by atoms with Gasteiger partial charge in [-0.1, -0.05) is 6.07 Å². The number of piperidine rings is 1. The second-order valence-electron chi connectivity index (χ2n) is 4.31. The number of nitrogens with two attached hydrogens (primary N) is 1. The third-order valence-electron chi connectivity index (χ3n) is 3.20. The molecule has 1 heterocycles. The molecular weight excluding hydrogens is 207 g/mol. The molecule has 0 bridgehead atoms. The zero-order valence-corrected chi connectivity index (χ0v) is 9.12. The van der Waals surface area contributed by atoms with Crippen LogP contribution in [0.3, 0.4) is 0 Å². The molecule has 1 unspecified atom stereocenters. The standard InChI is InChI=1S/C12H17FN2O/c13-9-1-2-10(11(14)7-9)12(16)8-3-5-15-6-4-8/h1-2,7-8,12,15-16H,3-6,14H2. The lowest BCUT2D eigenvalue weighted by atomic mass is 9.87. The summed E-state index contributed by atoms with van der Waals surface area (Å²) < 4.78 is 12.9. The lowest BCUT2D eigenvalue weighted by molar-refractivity contribution is 0.0895. The normalized spacial score (nSPS) is 19.6. The molecule has 16 heavy (non-hydrogen) atoms. The quantitative estimate of drug-likeness (QED) is 0.666. The Morgan fingerprint density at radius 2 is 2.06 bits per heavy atom. The largest absolute Gasteiger partial charge is 0.398 e. The Kier molecular flexibility index (Phi) is 3.41. The molecule has 0 saturated carbocycles. The Morgan fingerprint density at radius 1 is 1.38 bits per heavy atom. The molecule has 1 aromatic rings. The Bertz CT molecular complexity index is 364. The number of hydrogen-bond acceptors (Lipinski definition) is 3. The monoisotopic (exact) mass is 224 g/mol. The van der Waals surface area contributed by atoms with Gasteiger partial charge in [-0.15, -0.1) is 0 Å². The van der Waals surface area contributed by atoms with Gasteiger partial charge in [0.1, 0.15) is 5.82 Å². The molecule has 1 aromatic carbocycles. The third kappa shape index (κ3) is 2.33. The minimum atomic E-state index is -0.581. The van der Waals surface area contributed by atoms with Crippen molar-refractivity contribution in [2.24, 2.45) is 5.92 Å². The highest BCUT2D eigenvalue weighted by molar-refractivity contribution is 5.48. The molecule has 1 saturated heterocycles. The fraction of sp³-hybridized carbons (Fsp3) is 0.500. The average Bonchev–Trinajstić information content (AvgIpc) is 2.29. The van der Waals surface area contributed by atoms with E-state index in [0.717, 1.165) is 25.9 Å². The maximum atomic E-state index is 12.9. The molecule has 1 atom stereocenters. The number of benzene rings is 1. The molecule has 0 aromatic heterocycles. The topological polar surface area (TPSA) is 58.3 Å². The average molecular weight is 224 g/mol. The van der Waals surface area contributed by atoms with Crippen LogP contribution in [0.5, 0.6) is 0 Å². The number of nitrogens with one attached hydrogen (secondary N) is 1. The van der Waals surface area contributed by atoms with Crippen LogP contribution in [-0.2, 0) is 0 Å². The van der Waals surface area contributed by atoms with Gasteiger partial charge in [-0.25, -0.2) is 4.39 Å². The number of aliphatic hydroxyl groups excluding tert-OH is 1. The summed E-state index contributed by atoms with van der Waals surface area (Å²) in [6, 6.07) is 4.19. The van der Waals surface area contributed by atoms with Crippen LogP contribution in [-0.4, -0.2) is 18.2 Å². The molecular formula is C12H17FN2O. The first-order valence-electron chi connectivity index (χ1n) is 5.62. The number of nitrogen functional groups attached to an aromatic ring is 1. The zero-order valence-electron chi connectivity index (χ0n) is 9.12. The molecule has 1 fully saturated rings. The van der Waals surface area contributed by atoms with Crippen LogP contribution < -0.4 is 11.1 Å². The Balaban J connectivity index is 2.15. The van der Waals surface area contributed by atoms with Gasteiger partial charge in [-0.2, -0.15) is 0 Å². The summed E-state index contributed by atoms with van der Waals surface area (Å²) in [5.41, 5.74) is 6.70. The number of aliphatic hydroxyl groups is 1. The van der Waals surface area contributed by atoms with Crippen molar-refractivity contribution in [3.05, 3.63) is 29.6 Å². The summed E-state index contributed by atoms with van der Waals surface area (Å²) in [6.45, 7) is 1.84. The van der Waals surface area contributed by atoms with E-state index in [0.29, 0.717) is 11.3 Å². The molecule has 4 heteroatoms. The molecule has 3 nitrogen and oxygen atoms in total. The van der Waals surface area contributed by atoms with Crippen LogP contribution in [0.2, 0.25) is 0 Å². The van der Waals surface area contributed by atoms with Gasteiger partial charge in [0.2, 0.25) is 0 Å². The summed E-state index contributed by atoms with van der Waals surface area (Å²) in [6.07, 6.45) is 1.28. The fourth-order valence-corrected chi connectivity index (χ4v) is 2.23. The van der Waals surface area contributed by atoms with Gasteiger partial charge in [0.05, 0.1) is 6.10 Å². The van der Waals surface area contributed by atoms with E-state index in [4.69, 9.17) is 5.73 Å². The van der Waals surface area contributed by atoms with Gasteiger partial charge in [-0.3, -0.25) is 0 Å². The van der Waals surface area contributed by atoms with E-state index in [1.54, 1.807) is 6.07 Å². The van der Waals surface area contributed by atoms with Crippen LogP contribution in [0.4, 0.5) is 10.1 Å². The lowest BCUT2D eigenvalue weighted by Gasteiger charge is -2.28. The molecule has 0 spiro atoms. The molecule has 1 aliphatic rings. The minimum Gasteiger partial charge on any atom is -0.398 e. The van der Waals surface area contributed by atoms with E-state index in [2.05, 4.69) is 5.32 Å². The van der Waals surface area contributed by atoms with Crippen LogP contribution in [0, 0.1) is 11.7 Å². The maximum Gasteiger partial charge on any atom is 0.125 e. The number of anilines is 1. The molecule has 1 aliphatic heterocycles. The Morgan fingerprint density at radius 3 is 2.69 bits per heavy atom. The van der Waals surface area contributed by atoms with Crippen molar-refractivity contribution in [2.45, 2.75) is 18.9 Å². The van der Waals surface area contributed by atoms with Crippen LogP contribution in [0.15, 0.2) is 18.2 Å². The summed E-state index contributed by atoms with van der Waals surface area (Å²) in [4.78, 5) is 0. The van der Waals surface area contributed by atoms with E-state index < -0.39 is 6.10 Å². The molecule has 0 radical (unpaired) electrons. The first-order valence-corrected chi connectivity index (χ1v) is 5.62. The first-order chi connectivity index (χ1) is 7.68. The van der Waals surface area contributed by atoms with Crippen molar-refractivity contribution in [3.8, 4) is 0 Å². The number of rotatable bonds is 2. The molecule has 2 rings (SSSR count). The van der Waals surface area contributed by atoms with Crippen LogP contribution in [0.1, 0.15) is 24.5 Å². The predicted molar refractivity (Wildman–Crippen MR) is 61.4 cm³/mol. The van der Waals surface area contributed by atoms with Crippen molar-refractivity contribution in [2.75, 3.05) is 18.8 Å². The molecule has 88 valence electrons. The van der Waals surface area contributed by atoms with Crippen molar-refractivity contribution < 1.29 is 9.50 Å². The van der Waals surface area contributed by atoms with Crippen molar-refractivity contribution in [3.63, 3.8) is 0 Å². The Hall–Kier alpha value is -1.13. The number of halogens is 1. The third-order valence-corrected chi connectivity index (χ3v) is 3.20. The summed E-state index contributed by atoms with van der Waals surface area (Å²) in [7, 11) is 0. The fourth-order valence-electron chi connectivity index (χ4n) is 2.23. The lowest BCUT2D eigenvalue weighted by Crippen LogP contribution is -2.31. The van der Waals surface area contributed by atoms with Crippen molar-refractivity contribution in [1.82, 2.24) is 5.32 Å². The molecule has 0 aliphatic carbocycles. The summed E-state index contributed by atoms with van der Waals surface area (Å²) in [5.74, 6) is -0.146. The van der Waals surface area contributed by atoms with Gasteiger partial charge < -0.3 is 16.2 Å². The van der Waals surface area contributed by atoms with Crippen molar-refractivity contribution >= 4 is 5.69 Å². The highest BCUT2D eigenvalue weighted by atomic mass is 19.1. The van der Waals surface area contributed by atoms with E-state index in [9.17, 15) is 9.50 Å². The number of hydrogen-bond donors (Lipinski definition) is 3. The second-order valence-corrected chi connectivity index (χ2v) is 4.31. The minimum absolute atomic E-state index is 0.217. The van der Waals surface area contributed by atoms with E-state index in [-0.39, 0.29) is 11.7 Å². The maximum absolute atomic E-state index is 12.9. The molecule has 4 N–H and O–H groups in total. The van der Waals surface area contributed by atoms with Gasteiger partial charge in [0, 0.05) is 11.3 Å². The SMILES string of the molecule is Nc1cc(F)ccc1C(O)C1CCNCC1. The van der Waals surface area contributed by atoms with Gasteiger partial charge >= 0.3 is 0 Å². The van der Waals surface area contributed by atoms with Crippen LogP contribution >= 0.6 is 0 Å². The highest BCUT2D eigenvalue weighted by Crippen LogP contribution is 2.31. The predicted octanol–water partition coefficient (Wildman–Crippen LogP) is 1.44. The second kappa shape index (κ2) is 4.80.